The van der Waals surface area contributed by atoms with Gasteiger partial charge < -0.3 is 0 Å². The van der Waals surface area contributed by atoms with Gasteiger partial charge in [0.15, 0.2) is 11.0 Å². The lowest BCUT2D eigenvalue weighted by Crippen LogP contribution is -2.01. The highest BCUT2D eigenvalue weighted by Gasteiger charge is 2.13. The van der Waals surface area contributed by atoms with Gasteiger partial charge in [-0.2, -0.15) is 0 Å². The van der Waals surface area contributed by atoms with Gasteiger partial charge in [-0.3, -0.25) is 14.5 Å². The molecule has 0 unspecified atom stereocenters. The van der Waals surface area contributed by atoms with E-state index in [1.807, 2.05) is 16.7 Å². The Hall–Kier alpha value is -2.54. The number of pyridine rings is 2. The molecule has 3 aromatic heterocycles. The van der Waals surface area contributed by atoms with Crippen LogP contribution in [0.15, 0.2) is 60.8 Å². The van der Waals surface area contributed by atoms with Gasteiger partial charge in [0.1, 0.15) is 5.82 Å². The maximum Gasteiger partial charge on any atom is 0.192 e. The Balaban J connectivity index is 1.85. The highest BCUT2D eigenvalue weighted by molar-refractivity contribution is 7.98. The predicted octanol–water partition coefficient (Wildman–Crippen LogP) is 3.35. The number of allylic oxidation sites excluding steroid dienone is 1. The van der Waals surface area contributed by atoms with Gasteiger partial charge in [-0.25, -0.2) is 4.39 Å². The highest BCUT2D eigenvalue weighted by atomic mass is 32.2. The zero-order chi connectivity index (χ0) is 16.1. The average molecular weight is 327 g/mol. The van der Waals surface area contributed by atoms with E-state index in [1.54, 1.807) is 24.7 Å². The molecular weight excluding hydrogens is 313 g/mol. The second-order valence-corrected chi connectivity index (χ2v) is 5.69. The summed E-state index contributed by atoms with van der Waals surface area (Å²) in [6.07, 6.45) is 8.08. The summed E-state index contributed by atoms with van der Waals surface area (Å²) in [5, 5.41) is 9.23. The maximum atomic E-state index is 13.2. The lowest BCUT2D eigenvalue weighted by molar-refractivity contribution is 0.619. The zero-order valence-corrected chi connectivity index (χ0v) is 13.1. The highest BCUT2D eigenvalue weighted by Crippen LogP contribution is 2.26. The first-order chi connectivity index (χ1) is 11.3. The van der Waals surface area contributed by atoms with Crippen LogP contribution in [-0.4, -0.2) is 24.7 Å². The van der Waals surface area contributed by atoms with Crippen LogP contribution in [0.3, 0.4) is 0 Å². The third kappa shape index (κ3) is 3.62. The summed E-state index contributed by atoms with van der Waals surface area (Å²) in [5.41, 5.74) is 1.69. The molecule has 0 aliphatic rings. The minimum absolute atomic E-state index is 0.341. The molecule has 0 N–H and O–H groups in total. The van der Waals surface area contributed by atoms with Gasteiger partial charge in [-0.05, 0) is 23.8 Å². The Bertz CT molecular complexity index is 803. The molecule has 0 aliphatic heterocycles. The fraction of sp³-hybridized carbons (Fsp3) is 0.125. The van der Waals surface area contributed by atoms with Crippen molar-refractivity contribution in [3.8, 4) is 11.4 Å². The molecule has 0 amide bonds. The Morgan fingerprint density at radius 1 is 1.22 bits per heavy atom. The summed E-state index contributed by atoms with van der Waals surface area (Å²) >= 11 is 1.48. The van der Waals surface area contributed by atoms with Gasteiger partial charge in [0.2, 0.25) is 0 Å². The quantitative estimate of drug-likeness (QED) is 0.513. The van der Waals surface area contributed by atoms with Crippen molar-refractivity contribution in [2.75, 3.05) is 0 Å². The van der Waals surface area contributed by atoms with Gasteiger partial charge in [0.25, 0.3) is 0 Å². The lowest BCUT2D eigenvalue weighted by atomic mass is 10.3. The second-order valence-electron chi connectivity index (χ2n) is 4.75. The van der Waals surface area contributed by atoms with Crippen LogP contribution in [0.2, 0.25) is 0 Å². The van der Waals surface area contributed by atoms with Crippen LogP contribution < -0.4 is 0 Å². The fourth-order valence-electron chi connectivity index (χ4n) is 2.08. The second kappa shape index (κ2) is 7.15. The number of aromatic nitrogens is 5. The van der Waals surface area contributed by atoms with Crippen molar-refractivity contribution >= 4 is 11.8 Å². The van der Waals surface area contributed by atoms with Crippen molar-refractivity contribution in [1.29, 1.82) is 0 Å². The molecule has 0 radical (unpaired) electrons. The maximum absolute atomic E-state index is 13.2. The molecule has 0 aromatic carbocycles. The smallest absolute Gasteiger partial charge is 0.192 e. The number of thioether (sulfide) groups is 1. The molecule has 3 aromatic rings. The molecule has 0 fully saturated rings. The SMILES string of the molecule is C=CCn1c(SCc2cncc(F)c2)nnc1-c1cccnc1. The number of hydrogen-bond acceptors (Lipinski definition) is 5. The van der Waals surface area contributed by atoms with Crippen molar-refractivity contribution in [3.63, 3.8) is 0 Å². The Kier molecular flexibility index (Phi) is 4.77. The molecule has 0 aliphatic carbocycles. The van der Waals surface area contributed by atoms with E-state index in [1.165, 1.54) is 24.0 Å². The summed E-state index contributed by atoms with van der Waals surface area (Å²) in [4.78, 5) is 7.96. The van der Waals surface area contributed by atoms with Crippen LogP contribution in [0.5, 0.6) is 0 Å². The van der Waals surface area contributed by atoms with Crippen molar-refractivity contribution in [3.05, 3.63) is 67.0 Å². The molecule has 0 bridgehead atoms. The first-order valence-corrected chi connectivity index (χ1v) is 7.93. The van der Waals surface area contributed by atoms with Gasteiger partial charge >= 0.3 is 0 Å². The third-order valence-corrected chi connectivity index (χ3v) is 4.12. The fourth-order valence-corrected chi connectivity index (χ4v) is 2.95. The molecule has 3 rings (SSSR count). The van der Waals surface area contributed by atoms with Crippen LogP contribution in [0.4, 0.5) is 4.39 Å². The first-order valence-electron chi connectivity index (χ1n) is 6.94. The molecule has 0 spiro atoms. The van der Waals surface area contributed by atoms with Crippen molar-refractivity contribution in [1.82, 2.24) is 24.7 Å². The van der Waals surface area contributed by atoms with E-state index in [0.29, 0.717) is 12.3 Å². The first kappa shape index (κ1) is 15.4. The van der Waals surface area contributed by atoms with Crippen LogP contribution >= 0.6 is 11.8 Å². The Morgan fingerprint density at radius 3 is 2.87 bits per heavy atom. The molecule has 5 nitrogen and oxygen atoms in total. The molecule has 0 saturated carbocycles. The number of nitrogens with zero attached hydrogens (tertiary/aromatic N) is 5. The van der Waals surface area contributed by atoms with E-state index in [9.17, 15) is 4.39 Å². The molecule has 0 saturated heterocycles. The van der Waals surface area contributed by atoms with Crippen LogP contribution in [0.1, 0.15) is 5.56 Å². The monoisotopic (exact) mass is 327 g/mol. The standard InChI is InChI=1S/C16H14FN5S/c1-2-6-22-15(13-4-3-5-18-9-13)20-21-16(22)23-11-12-7-14(17)10-19-8-12/h2-5,7-10H,1,6,11H2. The van der Waals surface area contributed by atoms with Crippen molar-refractivity contribution < 1.29 is 4.39 Å². The minimum Gasteiger partial charge on any atom is -0.298 e. The molecule has 7 heteroatoms. The van der Waals surface area contributed by atoms with Crippen LogP contribution in [-0.2, 0) is 12.3 Å². The average Bonchev–Trinajstić information content (AvgIpc) is 2.97. The minimum atomic E-state index is -0.341. The summed E-state index contributed by atoms with van der Waals surface area (Å²) in [5.74, 6) is 0.956. The van der Waals surface area contributed by atoms with Crippen molar-refractivity contribution in [2.24, 2.45) is 0 Å². The summed E-state index contributed by atoms with van der Waals surface area (Å²) < 4.78 is 15.2. The van der Waals surface area contributed by atoms with E-state index in [0.717, 1.165) is 22.1 Å². The number of rotatable bonds is 6. The van der Waals surface area contributed by atoms with Crippen LogP contribution in [0.25, 0.3) is 11.4 Å². The molecular formula is C16H14FN5S. The zero-order valence-electron chi connectivity index (χ0n) is 12.3. The predicted molar refractivity (Wildman–Crippen MR) is 87.2 cm³/mol. The molecule has 3 heterocycles. The van der Waals surface area contributed by atoms with Gasteiger partial charge in [0.05, 0.1) is 6.20 Å². The number of hydrogen-bond donors (Lipinski definition) is 0. The largest absolute Gasteiger partial charge is 0.298 e. The summed E-state index contributed by atoms with van der Waals surface area (Å²) in [7, 11) is 0. The van der Waals surface area contributed by atoms with Crippen molar-refractivity contribution in [2.45, 2.75) is 17.5 Å². The molecule has 0 atom stereocenters. The molecule has 116 valence electrons. The normalized spacial score (nSPS) is 10.7. The van der Waals surface area contributed by atoms with E-state index in [4.69, 9.17) is 0 Å². The third-order valence-electron chi connectivity index (χ3n) is 3.08. The van der Waals surface area contributed by atoms with E-state index in [2.05, 4.69) is 26.7 Å². The van der Waals surface area contributed by atoms with Gasteiger partial charge in [0, 0.05) is 36.5 Å². The van der Waals surface area contributed by atoms with Crippen LogP contribution in [0, 0.1) is 5.82 Å². The summed E-state index contributed by atoms with van der Waals surface area (Å²) in [6.45, 7) is 4.36. The van der Waals surface area contributed by atoms with Gasteiger partial charge in [-0.1, -0.05) is 17.8 Å². The topological polar surface area (TPSA) is 56.5 Å². The van der Waals surface area contributed by atoms with Gasteiger partial charge in [-0.15, -0.1) is 16.8 Å². The molecule has 23 heavy (non-hydrogen) atoms. The Morgan fingerprint density at radius 2 is 2.13 bits per heavy atom. The number of halogens is 1. The van der Waals surface area contributed by atoms with E-state index in [-0.39, 0.29) is 5.82 Å². The lowest BCUT2D eigenvalue weighted by Gasteiger charge is -2.07. The van der Waals surface area contributed by atoms with E-state index < -0.39 is 0 Å². The summed E-state index contributed by atoms with van der Waals surface area (Å²) in [6, 6.07) is 5.26. The van der Waals surface area contributed by atoms with E-state index >= 15 is 0 Å². The Labute approximate surface area is 137 Å².